The van der Waals surface area contributed by atoms with Crippen molar-refractivity contribution < 1.29 is 13.2 Å². The first-order valence-electron chi connectivity index (χ1n) is 8.29. The van der Waals surface area contributed by atoms with Gasteiger partial charge in [-0.3, -0.25) is 0 Å². The monoisotopic (exact) mass is 379 g/mol. The van der Waals surface area contributed by atoms with Crippen LogP contribution in [0.5, 0.6) is 0 Å². The van der Waals surface area contributed by atoms with Crippen LogP contribution in [0.25, 0.3) is 0 Å². The van der Waals surface area contributed by atoms with Gasteiger partial charge in [0.2, 0.25) is 0 Å². The summed E-state index contributed by atoms with van der Waals surface area (Å²) in [6, 6.07) is 15.9. The Hall–Kier alpha value is -1.40. The first kappa shape index (κ1) is 18.4. The number of halogens is 1. The van der Waals surface area contributed by atoms with E-state index in [0.717, 1.165) is 5.56 Å². The second-order valence-corrected chi connectivity index (χ2v) is 8.89. The van der Waals surface area contributed by atoms with Crippen LogP contribution >= 0.6 is 11.6 Å². The maximum Gasteiger partial charge on any atom is 0.182 e. The van der Waals surface area contributed by atoms with Crippen molar-refractivity contribution in [2.24, 2.45) is 11.1 Å². The largest absolute Gasteiger partial charge is 0.381 e. The van der Waals surface area contributed by atoms with Crippen molar-refractivity contribution in [2.75, 3.05) is 19.8 Å². The van der Waals surface area contributed by atoms with Crippen LogP contribution < -0.4 is 5.73 Å². The van der Waals surface area contributed by atoms with E-state index in [9.17, 15) is 8.42 Å². The van der Waals surface area contributed by atoms with Gasteiger partial charge in [-0.1, -0.05) is 41.9 Å². The van der Waals surface area contributed by atoms with E-state index in [1.165, 1.54) is 0 Å². The first-order valence-corrected chi connectivity index (χ1v) is 10.2. The number of hydrogen-bond donors (Lipinski definition) is 1. The summed E-state index contributed by atoms with van der Waals surface area (Å²) in [5.74, 6) is -0.229. The lowest BCUT2D eigenvalue weighted by Crippen LogP contribution is -2.29. The predicted molar refractivity (Wildman–Crippen MR) is 99.6 cm³/mol. The summed E-state index contributed by atoms with van der Waals surface area (Å²) >= 11 is 6.12. The van der Waals surface area contributed by atoms with Gasteiger partial charge in [-0.25, -0.2) is 8.42 Å². The quantitative estimate of drug-likeness (QED) is 0.801. The van der Waals surface area contributed by atoms with E-state index in [2.05, 4.69) is 0 Å². The van der Waals surface area contributed by atoms with Crippen LogP contribution in [-0.2, 0) is 14.6 Å². The molecule has 2 aromatic rings. The molecule has 0 spiro atoms. The van der Waals surface area contributed by atoms with Crippen molar-refractivity contribution in [3.8, 4) is 0 Å². The Morgan fingerprint density at radius 1 is 1.16 bits per heavy atom. The summed E-state index contributed by atoms with van der Waals surface area (Å²) in [7, 11) is -3.53. The van der Waals surface area contributed by atoms with Gasteiger partial charge in [0.1, 0.15) is 0 Å². The highest BCUT2D eigenvalue weighted by Crippen LogP contribution is 2.63. The van der Waals surface area contributed by atoms with Crippen LogP contribution in [0.1, 0.15) is 18.4 Å². The summed E-state index contributed by atoms with van der Waals surface area (Å²) in [4.78, 5) is 0.318. The molecule has 3 rings (SSSR count). The number of sulfone groups is 1. The molecule has 1 fully saturated rings. The van der Waals surface area contributed by atoms with Gasteiger partial charge in [0.05, 0.1) is 16.8 Å². The molecule has 1 aliphatic rings. The van der Waals surface area contributed by atoms with E-state index in [0.29, 0.717) is 23.1 Å². The second-order valence-electron chi connectivity index (χ2n) is 6.39. The van der Waals surface area contributed by atoms with Crippen molar-refractivity contribution in [3.63, 3.8) is 0 Å². The second kappa shape index (κ2) is 7.08. The van der Waals surface area contributed by atoms with Gasteiger partial charge in [0.15, 0.2) is 9.84 Å². The van der Waals surface area contributed by atoms with E-state index in [4.69, 9.17) is 22.1 Å². The van der Waals surface area contributed by atoms with Crippen molar-refractivity contribution >= 4 is 21.4 Å². The molecule has 1 aliphatic carbocycles. The molecule has 0 saturated heterocycles. The van der Waals surface area contributed by atoms with Crippen molar-refractivity contribution in [1.29, 1.82) is 0 Å². The lowest BCUT2D eigenvalue weighted by Gasteiger charge is -2.16. The molecule has 0 radical (unpaired) electrons. The van der Waals surface area contributed by atoms with Gasteiger partial charge >= 0.3 is 0 Å². The number of ether oxygens (including phenoxy) is 1. The van der Waals surface area contributed by atoms with Gasteiger partial charge in [-0.15, -0.1) is 0 Å². The van der Waals surface area contributed by atoms with Crippen LogP contribution in [0, 0.1) is 5.41 Å². The lowest BCUT2D eigenvalue weighted by atomic mass is 10.00. The highest BCUT2D eigenvalue weighted by atomic mass is 35.5. The molecular weight excluding hydrogens is 358 g/mol. The molecule has 4 nitrogen and oxygen atoms in total. The van der Waals surface area contributed by atoms with Crippen LogP contribution in [0.2, 0.25) is 5.02 Å². The molecule has 0 bridgehead atoms. The SMILES string of the molecule is CCOC[C@]1(CN)[C@H](c2cccc(Cl)c2)[C@H]1S(=O)(=O)c1ccccc1. The predicted octanol–water partition coefficient (Wildman–Crippen LogP) is 3.26. The molecule has 2 N–H and O–H groups in total. The molecular formula is C19H22ClNO3S. The Balaban J connectivity index is 2.06. The molecule has 134 valence electrons. The van der Waals surface area contributed by atoms with E-state index >= 15 is 0 Å². The summed E-state index contributed by atoms with van der Waals surface area (Å²) in [5.41, 5.74) is 6.32. The van der Waals surface area contributed by atoms with Crippen molar-refractivity contribution in [3.05, 3.63) is 65.2 Å². The molecule has 0 amide bonds. The number of nitrogens with two attached hydrogens (primary N) is 1. The van der Waals surface area contributed by atoms with Crippen LogP contribution in [0.4, 0.5) is 0 Å². The summed E-state index contributed by atoms with van der Waals surface area (Å²) in [6.07, 6.45) is 0. The summed E-state index contributed by atoms with van der Waals surface area (Å²) in [6.45, 7) is 2.96. The Morgan fingerprint density at radius 3 is 2.48 bits per heavy atom. The molecule has 1 saturated carbocycles. The molecule has 3 atom stereocenters. The third-order valence-corrected chi connectivity index (χ3v) is 7.52. The summed E-state index contributed by atoms with van der Waals surface area (Å²) in [5, 5.41) is -0.0278. The maximum atomic E-state index is 13.3. The Labute approximate surface area is 153 Å². The normalized spacial score (nSPS) is 25.7. The topological polar surface area (TPSA) is 69.4 Å². The standard InChI is InChI=1S/C19H22ClNO3S/c1-2-24-13-19(12-21)17(14-7-6-8-15(20)11-14)18(19)25(22,23)16-9-4-3-5-10-16/h3-11,17-18H,2,12-13,21H2,1H3/t17-,18-,19-/m1/s1. The highest BCUT2D eigenvalue weighted by molar-refractivity contribution is 7.92. The van der Waals surface area contributed by atoms with Crippen LogP contribution in [-0.4, -0.2) is 33.4 Å². The third kappa shape index (κ3) is 3.22. The molecule has 0 aliphatic heterocycles. The van der Waals surface area contributed by atoms with Crippen molar-refractivity contribution in [1.82, 2.24) is 0 Å². The smallest absolute Gasteiger partial charge is 0.182 e. The van der Waals surface area contributed by atoms with Gasteiger partial charge in [0, 0.05) is 29.5 Å². The zero-order chi connectivity index (χ0) is 18.1. The molecule has 0 aromatic heterocycles. The third-order valence-electron chi connectivity index (χ3n) is 4.95. The van der Waals surface area contributed by atoms with Gasteiger partial charge < -0.3 is 10.5 Å². The van der Waals surface area contributed by atoms with E-state index < -0.39 is 20.5 Å². The number of hydrogen-bond acceptors (Lipinski definition) is 4. The zero-order valence-corrected chi connectivity index (χ0v) is 15.6. The average Bonchev–Trinajstić information content (AvgIpc) is 3.31. The Bertz CT molecular complexity index is 841. The fraction of sp³-hybridized carbons (Fsp3) is 0.368. The minimum absolute atomic E-state index is 0.229. The van der Waals surface area contributed by atoms with E-state index in [-0.39, 0.29) is 12.5 Å². The van der Waals surface area contributed by atoms with Gasteiger partial charge in [-0.05, 0) is 36.8 Å². The minimum Gasteiger partial charge on any atom is -0.381 e. The molecule has 0 unspecified atom stereocenters. The zero-order valence-electron chi connectivity index (χ0n) is 14.1. The molecule has 2 aromatic carbocycles. The summed E-state index contributed by atoms with van der Waals surface area (Å²) < 4.78 is 32.1. The van der Waals surface area contributed by atoms with E-state index in [1.807, 2.05) is 25.1 Å². The first-order chi connectivity index (χ1) is 12.0. The average molecular weight is 380 g/mol. The Morgan fingerprint density at radius 2 is 1.88 bits per heavy atom. The molecule has 6 heteroatoms. The number of rotatable bonds is 7. The highest BCUT2D eigenvalue weighted by Gasteiger charge is 2.70. The van der Waals surface area contributed by atoms with Gasteiger partial charge in [-0.2, -0.15) is 0 Å². The Kier molecular flexibility index (Phi) is 5.21. The number of benzene rings is 2. The van der Waals surface area contributed by atoms with E-state index in [1.54, 1.807) is 36.4 Å². The fourth-order valence-electron chi connectivity index (χ4n) is 3.67. The van der Waals surface area contributed by atoms with Crippen LogP contribution in [0.3, 0.4) is 0 Å². The lowest BCUT2D eigenvalue weighted by molar-refractivity contribution is 0.101. The molecule has 25 heavy (non-hydrogen) atoms. The van der Waals surface area contributed by atoms with Crippen molar-refractivity contribution in [2.45, 2.75) is 23.0 Å². The van der Waals surface area contributed by atoms with Crippen LogP contribution in [0.15, 0.2) is 59.5 Å². The minimum atomic E-state index is -3.53. The molecule has 0 heterocycles. The fourth-order valence-corrected chi connectivity index (χ4v) is 6.34. The van der Waals surface area contributed by atoms with Gasteiger partial charge in [0.25, 0.3) is 0 Å². The maximum absolute atomic E-state index is 13.3.